The zero-order valence-electron chi connectivity index (χ0n) is 18.5. The van der Waals surface area contributed by atoms with Crippen LogP contribution in [0, 0.1) is 0 Å². The van der Waals surface area contributed by atoms with Crippen molar-refractivity contribution >= 4 is 63.0 Å². The lowest BCUT2D eigenvalue weighted by molar-refractivity contribution is 0.0651. The summed E-state index contributed by atoms with van der Waals surface area (Å²) in [6, 6.07) is 22.7. The highest BCUT2D eigenvalue weighted by Crippen LogP contribution is 2.34. The fourth-order valence-corrected chi connectivity index (χ4v) is 4.12. The first-order valence-corrected chi connectivity index (χ1v) is 11.2. The van der Waals surface area contributed by atoms with Gasteiger partial charge in [-0.1, -0.05) is 59.6 Å². The van der Waals surface area contributed by atoms with E-state index in [0.717, 1.165) is 0 Å². The number of aromatic nitrogens is 1. The van der Waals surface area contributed by atoms with E-state index in [1.807, 2.05) is 60.7 Å². The number of ketones is 1. The fraction of sp³-hybridized carbons (Fsp3) is 0.115. The molecule has 1 atom stereocenters. The molecule has 34 heavy (non-hydrogen) atoms. The van der Waals surface area contributed by atoms with E-state index < -0.39 is 12.1 Å². The molecule has 2 amide bonds. The second-order valence-electron chi connectivity index (χ2n) is 7.52. The summed E-state index contributed by atoms with van der Waals surface area (Å²) in [5.41, 5.74) is 2.18. The van der Waals surface area contributed by atoms with Crippen LogP contribution in [0.1, 0.15) is 17.4 Å². The summed E-state index contributed by atoms with van der Waals surface area (Å²) in [6.07, 6.45) is -0.715. The molecule has 4 aromatic rings. The zero-order chi connectivity index (χ0) is 24.2. The third-order valence-electron chi connectivity index (χ3n) is 5.27. The molecule has 0 saturated carbocycles. The van der Waals surface area contributed by atoms with Crippen LogP contribution >= 0.6 is 23.2 Å². The Morgan fingerprint density at radius 1 is 0.941 bits per heavy atom. The highest BCUT2D eigenvalue weighted by atomic mass is 35.5. The highest BCUT2D eigenvalue weighted by Gasteiger charge is 2.23. The number of para-hydroxylation sites is 2. The first kappa shape index (κ1) is 23.7. The molecule has 0 spiro atoms. The SMILES string of the molecule is COC(C)C(=O)c1cc(NC(=O)N(c2ccccc2)c2ccccc2)c2c(Cl)cc(Cl)cc2n1. The minimum atomic E-state index is -0.715. The number of urea groups is 1. The molecule has 3 aromatic carbocycles. The van der Waals surface area contributed by atoms with Crippen LogP contribution in [-0.4, -0.2) is 30.0 Å². The molecule has 172 valence electrons. The van der Waals surface area contributed by atoms with E-state index in [0.29, 0.717) is 38.0 Å². The molecule has 1 N–H and O–H groups in total. The van der Waals surface area contributed by atoms with Crippen molar-refractivity contribution in [2.24, 2.45) is 0 Å². The molecule has 0 saturated heterocycles. The van der Waals surface area contributed by atoms with E-state index >= 15 is 0 Å². The van der Waals surface area contributed by atoms with Gasteiger partial charge >= 0.3 is 6.03 Å². The number of benzene rings is 3. The first-order chi connectivity index (χ1) is 16.4. The van der Waals surface area contributed by atoms with Gasteiger partial charge in [-0.25, -0.2) is 9.78 Å². The first-order valence-electron chi connectivity index (χ1n) is 10.5. The van der Waals surface area contributed by atoms with Gasteiger partial charge in [0.05, 0.1) is 27.6 Å². The van der Waals surface area contributed by atoms with Crippen molar-refractivity contribution in [2.45, 2.75) is 13.0 Å². The minimum Gasteiger partial charge on any atom is -0.374 e. The summed E-state index contributed by atoms with van der Waals surface area (Å²) >= 11 is 12.7. The number of halogens is 2. The van der Waals surface area contributed by atoms with Gasteiger partial charge in [-0.2, -0.15) is 0 Å². The number of nitrogens with one attached hydrogen (secondary N) is 1. The summed E-state index contributed by atoms with van der Waals surface area (Å²) in [5.74, 6) is -0.334. The monoisotopic (exact) mass is 493 g/mol. The van der Waals surface area contributed by atoms with Crippen LogP contribution in [0.15, 0.2) is 78.9 Å². The average molecular weight is 494 g/mol. The van der Waals surface area contributed by atoms with Crippen molar-refractivity contribution in [3.8, 4) is 0 Å². The van der Waals surface area contributed by atoms with Gasteiger partial charge in [0.25, 0.3) is 0 Å². The van der Waals surface area contributed by atoms with Crippen molar-refractivity contribution in [3.05, 3.63) is 94.6 Å². The largest absolute Gasteiger partial charge is 0.374 e. The maximum absolute atomic E-state index is 13.6. The Morgan fingerprint density at radius 2 is 1.53 bits per heavy atom. The Hall–Kier alpha value is -3.45. The second kappa shape index (κ2) is 10.2. The summed E-state index contributed by atoms with van der Waals surface area (Å²) < 4.78 is 5.16. The normalized spacial score (nSPS) is 11.8. The van der Waals surface area contributed by atoms with E-state index in [1.54, 1.807) is 19.1 Å². The fourth-order valence-electron chi connectivity index (χ4n) is 3.53. The number of hydrogen-bond donors (Lipinski definition) is 1. The Morgan fingerprint density at radius 3 is 2.09 bits per heavy atom. The van der Waals surface area contributed by atoms with Crippen molar-refractivity contribution in [3.63, 3.8) is 0 Å². The number of carbonyl (C=O) groups is 2. The second-order valence-corrected chi connectivity index (χ2v) is 8.36. The van der Waals surface area contributed by atoms with Crippen LogP contribution in [0.4, 0.5) is 21.9 Å². The molecule has 0 aliphatic carbocycles. The Bertz CT molecular complexity index is 1310. The quantitative estimate of drug-likeness (QED) is 0.290. The molecule has 0 radical (unpaired) electrons. The molecule has 1 heterocycles. The molecule has 0 aliphatic rings. The molecule has 6 nitrogen and oxygen atoms in total. The van der Waals surface area contributed by atoms with Gasteiger partial charge in [-0.3, -0.25) is 9.69 Å². The standard InChI is InChI=1S/C26H21Cl2N3O3/c1-16(34-2)25(32)23-15-22(24-20(28)13-17(27)14-21(24)29-23)30-26(33)31(18-9-5-3-6-10-18)19-11-7-4-8-12-19/h3-16H,1-2H3,(H,29,30,33). The van der Waals surface area contributed by atoms with E-state index in [2.05, 4.69) is 10.3 Å². The highest BCUT2D eigenvalue weighted by molar-refractivity contribution is 6.39. The van der Waals surface area contributed by atoms with Crippen molar-refractivity contribution < 1.29 is 14.3 Å². The van der Waals surface area contributed by atoms with Gasteiger partial charge in [-0.05, 0) is 49.4 Å². The molecule has 0 bridgehead atoms. The summed E-state index contributed by atoms with van der Waals surface area (Å²) in [6.45, 7) is 1.63. The maximum atomic E-state index is 13.6. The number of methoxy groups -OCH3 is 1. The van der Waals surface area contributed by atoms with Gasteiger partial charge < -0.3 is 10.1 Å². The maximum Gasteiger partial charge on any atom is 0.330 e. The smallest absolute Gasteiger partial charge is 0.330 e. The summed E-state index contributed by atoms with van der Waals surface area (Å²) in [4.78, 5) is 32.4. The van der Waals surface area contributed by atoms with Crippen LogP contribution in [0.2, 0.25) is 10.0 Å². The van der Waals surface area contributed by atoms with Crippen LogP contribution in [0.5, 0.6) is 0 Å². The molecule has 8 heteroatoms. The van der Waals surface area contributed by atoms with Crippen LogP contribution in [0.25, 0.3) is 10.9 Å². The van der Waals surface area contributed by atoms with E-state index in [1.165, 1.54) is 18.1 Å². The van der Waals surface area contributed by atoms with Crippen LogP contribution in [0.3, 0.4) is 0 Å². The van der Waals surface area contributed by atoms with Crippen molar-refractivity contribution in [2.75, 3.05) is 17.3 Å². The summed E-state index contributed by atoms with van der Waals surface area (Å²) in [5, 5.41) is 4.06. The number of hydrogen-bond acceptors (Lipinski definition) is 4. The molecule has 4 rings (SSSR count). The molecule has 0 fully saturated rings. The van der Waals surface area contributed by atoms with Gasteiger partial charge in [0.15, 0.2) is 0 Å². The van der Waals surface area contributed by atoms with Crippen molar-refractivity contribution in [1.29, 1.82) is 0 Å². The minimum absolute atomic E-state index is 0.126. The van der Waals surface area contributed by atoms with E-state index in [9.17, 15) is 9.59 Å². The molecule has 1 aromatic heterocycles. The van der Waals surface area contributed by atoms with Gasteiger partial charge in [-0.15, -0.1) is 0 Å². The number of amides is 2. The lowest BCUT2D eigenvalue weighted by Crippen LogP contribution is -2.31. The molecular formula is C26H21Cl2N3O3. The number of ether oxygens (including phenoxy) is 1. The Labute approximate surface area is 207 Å². The van der Waals surface area contributed by atoms with E-state index in [4.69, 9.17) is 27.9 Å². The number of nitrogens with zero attached hydrogens (tertiary/aromatic N) is 2. The molecule has 0 aliphatic heterocycles. The van der Waals surface area contributed by atoms with E-state index in [-0.39, 0.29) is 11.5 Å². The number of fused-ring (bicyclic) bond motifs is 1. The molecular weight excluding hydrogens is 473 g/mol. The summed E-state index contributed by atoms with van der Waals surface area (Å²) in [7, 11) is 1.44. The van der Waals surface area contributed by atoms with Crippen LogP contribution < -0.4 is 10.2 Å². The Kier molecular flexibility index (Phi) is 7.12. The predicted octanol–water partition coefficient (Wildman–Crippen LogP) is 7.13. The Balaban J connectivity index is 1.83. The number of rotatable bonds is 6. The zero-order valence-corrected chi connectivity index (χ0v) is 20.0. The lowest BCUT2D eigenvalue weighted by atomic mass is 10.1. The number of anilines is 3. The van der Waals surface area contributed by atoms with Gasteiger partial charge in [0.2, 0.25) is 5.78 Å². The van der Waals surface area contributed by atoms with Gasteiger partial charge in [0, 0.05) is 17.5 Å². The predicted molar refractivity (Wildman–Crippen MR) is 137 cm³/mol. The number of pyridine rings is 1. The number of carbonyl (C=O) groups excluding carboxylic acids is 2. The van der Waals surface area contributed by atoms with Crippen molar-refractivity contribution in [1.82, 2.24) is 4.98 Å². The average Bonchev–Trinajstić information content (AvgIpc) is 2.84. The molecule has 1 unspecified atom stereocenters. The third kappa shape index (κ3) is 4.89. The topological polar surface area (TPSA) is 71.5 Å². The third-order valence-corrected chi connectivity index (χ3v) is 5.79. The van der Waals surface area contributed by atoms with Gasteiger partial charge in [0.1, 0.15) is 11.8 Å². The lowest BCUT2D eigenvalue weighted by Gasteiger charge is -2.24. The number of Topliss-reactive ketones (excluding diaryl/α,β-unsaturated/α-hetero) is 1. The van der Waals surface area contributed by atoms with Crippen LogP contribution in [-0.2, 0) is 4.74 Å².